The molecule has 0 aliphatic rings. The quantitative estimate of drug-likeness (QED) is 0.572. The first-order valence-electron chi connectivity index (χ1n) is 5.97. The average molecular weight is 341 g/mol. The van der Waals surface area contributed by atoms with Crippen molar-refractivity contribution in [2.45, 2.75) is 6.61 Å². The molecule has 0 N–H and O–H groups in total. The van der Waals surface area contributed by atoms with E-state index in [1.165, 1.54) is 12.1 Å². The third-order valence-electron chi connectivity index (χ3n) is 2.53. The van der Waals surface area contributed by atoms with Crippen LogP contribution in [-0.2, 0) is 16.1 Å². The van der Waals surface area contributed by atoms with Gasteiger partial charge in [-0.05, 0) is 48.0 Å². The Morgan fingerprint density at radius 1 is 1.05 bits per heavy atom. The van der Waals surface area contributed by atoms with Crippen LogP contribution in [0.25, 0.3) is 0 Å². The lowest BCUT2D eigenvalue weighted by atomic mass is 10.2. The topological polar surface area (TPSA) is 27.7 Å². The first-order valence-corrected chi connectivity index (χ1v) is 6.77. The highest BCUT2D eigenvalue weighted by molar-refractivity contribution is 9.10. The highest BCUT2D eigenvalue weighted by atomic mass is 79.9. The Balaban J connectivity index is 2.08. The number of hydrogen-bond donors (Lipinski definition) is 0. The Labute approximate surface area is 125 Å². The van der Waals surface area contributed by atoms with Gasteiger partial charge >= 0.3 is 0 Å². The van der Waals surface area contributed by atoms with Crippen molar-refractivity contribution < 1.29 is 18.6 Å². The molecule has 0 unspecified atom stereocenters. The van der Waals surface area contributed by atoms with Gasteiger partial charge in [-0.25, -0.2) is 4.39 Å². The van der Waals surface area contributed by atoms with Gasteiger partial charge in [0.05, 0.1) is 6.61 Å². The first kappa shape index (κ1) is 15.0. The Hall–Kier alpha value is -1.43. The van der Waals surface area contributed by atoms with Gasteiger partial charge in [0, 0.05) is 11.6 Å². The highest BCUT2D eigenvalue weighted by Gasteiger charge is 2.04. The smallest absolute Gasteiger partial charge is 0.146 e. The molecule has 2 rings (SSSR count). The molecule has 0 heterocycles. The standard InChI is InChI=1S/C15H14BrFO3/c1-18-10-19-9-11-8-14(6-7-15(11)16)20-13-4-2-12(17)3-5-13/h2-8H,9-10H2,1H3. The van der Waals surface area contributed by atoms with Crippen LogP contribution in [0.5, 0.6) is 11.5 Å². The van der Waals surface area contributed by atoms with Gasteiger partial charge in [-0.3, -0.25) is 0 Å². The van der Waals surface area contributed by atoms with Crippen LogP contribution in [0, 0.1) is 5.82 Å². The van der Waals surface area contributed by atoms with Crippen molar-refractivity contribution in [3.8, 4) is 11.5 Å². The Morgan fingerprint density at radius 2 is 1.75 bits per heavy atom. The molecule has 0 radical (unpaired) electrons. The van der Waals surface area contributed by atoms with Crippen LogP contribution < -0.4 is 4.74 Å². The number of benzene rings is 2. The molecular formula is C15H14BrFO3. The van der Waals surface area contributed by atoms with Gasteiger partial charge in [-0.1, -0.05) is 15.9 Å². The lowest BCUT2D eigenvalue weighted by Gasteiger charge is -2.10. The SMILES string of the molecule is COCOCc1cc(Oc2ccc(F)cc2)ccc1Br. The molecule has 5 heteroatoms. The lowest BCUT2D eigenvalue weighted by Crippen LogP contribution is -1.98. The van der Waals surface area contributed by atoms with Gasteiger partial charge < -0.3 is 14.2 Å². The van der Waals surface area contributed by atoms with E-state index in [4.69, 9.17) is 14.2 Å². The fourth-order valence-corrected chi connectivity index (χ4v) is 1.96. The predicted octanol–water partition coefficient (Wildman–Crippen LogP) is 4.50. The molecule has 3 nitrogen and oxygen atoms in total. The van der Waals surface area contributed by atoms with E-state index in [1.807, 2.05) is 18.2 Å². The van der Waals surface area contributed by atoms with Gasteiger partial charge in [-0.2, -0.15) is 0 Å². The van der Waals surface area contributed by atoms with E-state index in [2.05, 4.69) is 15.9 Å². The zero-order valence-corrected chi connectivity index (χ0v) is 12.5. The molecule has 2 aromatic carbocycles. The molecule has 106 valence electrons. The van der Waals surface area contributed by atoms with Gasteiger partial charge in [0.1, 0.15) is 24.1 Å². The van der Waals surface area contributed by atoms with Crippen LogP contribution in [0.2, 0.25) is 0 Å². The summed E-state index contributed by atoms with van der Waals surface area (Å²) in [6.07, 6.45) is 0. The van der Waals surface area contributed by atoms with Crippen LogP contribution in [0.4, 0.5) is 4.39 Å². The number of ether oxygens (including phenoxy) is 3. The molecule has 0 saturated carbocycles. The summed E-state index contributed by atoms with van der Waals surface area (Å²) in [5, 5.41) is 0. The van der Waals surface area contributed by atoms with Crippen LogP contribution in [0.1, 0.15) is 5.56 Å². The zero-order valence-electron chi connectivity index (χ0n) is 10.9. The van der Waals surface area contributed by atoms with E-state index in [0.717, 1.165) is 10.0 Å². The normalized spacial score (nSPS) is 10.6. The van der Waals surface area contributed by atoms with Crippen molar-refractivity contribution in [2.24, 2.45) is 0 Å². The summed E-state index contributed by atoms with van der Waals surface area (Å²) in [5.41, 5.74) is 0.946. The van der Waals surface area contributed by atoms with Crippen molar-refractivity contribution >= 4 is 15.9 Å². The van der Waals surface area contributed by atoms with Crippen LogP contribution in [0.3, 0.4) is 0 Å². The van der Waals surface area contributed by atoms with Crippen LogP contribution in [0.15, 0.2) is 46.9 Å². The van der Waals surface area contributed by atoms with E-state index >= 15 is 0 Å². The average Bonchev–Trinajstić information content (AvgIpc) is 2.45. The molecule has 2 aromatic rings. The van der Waals surface area contributed by atoms with Crippen molar-refractivity contribution in [1.82, 2.24) is 0 Å². The molecule has 0 fully saturated rings. The number of halogens is 2. The molecule has 0 bridgehead atoms. The van der Waals surface area contributed by atoms with E-state index in [9.17, 15) is 4.39 Å². The van der Waals surface area contributed by atoms with Gasteiger partial charge in [0.2, 0.25) is 0 Å². The molecule has 0 amide bonds. The molecular weight excluding hydrogens is 327 g/mol. The second-order valence-electron chi connectivity index (χ2n) is 4.06. The monoisotopic (exact) mass is 340 g/mol. The minimum atomic E-state index is -0.290. The summed E-state index contributed by atoms with van der Waals surface area (Å²) in [5.74, 6) is 0.954. The summed E-state index contributed by atoms with van der Waals surface area (Å²) in [7, 11) is 1.57. The Kier molecular flexibility index (Phi) is 5.52. The minimum absolute atomic E-state index is 0.232. The number of rotatable bonds is 6. The van der Waals surface area contributed by atoms with Gasteiger partial charge in [0.15, 0.2) is 0 Å². The summed E-state index contributed by atoms with van der Waals surface area (Å²) in [6.45, 7) is 0.643. The van der Waals surface area contributed by atoms with Crippen molar-refractivity contribution in [3.05, 3.63) is 58.3 Å². The molecule has 20 heavy (non-hydrogen) atoms. The largest absolute Gasteiger partial charge is 0.457 e. The van der Waals surface area contributed by atoms with Crippen molar-refractivity contribution in [2.75, 3.05) is 13.9 Å². The van der Waals surface area contributed by atoms with Gasteiger partial charge in [-0.15, -0.1) is 0 Å². The lowest BCUT2D eigenvalue weighted by molar-refractivity contribution is -0.0392. The van der Waals surface area contributed by atoms with Crippen LogP contribution in [-0.4, -0.2) is 13.9 Å². The van der Waals surface area contributed by atoms with Crippen LogP contribution >= 0.6 is 15.9 Å². The maximum absolute atomic E-state index is 12.8. The van der Waals surface area contributed by atoms with E-state index < -0.39 is 0 Å². The second kappa shape index (κ2) is 7.38. The summed E-state index contributed by atoms with van der Waals surface area (Å²) >= 11 is 3.45. The van der Waals surface area contributed by atoms with E-state index in [0.29, 0.717) is 18.1 Å². The molecule has 0 aromatic heterocycles. The second-order valence-corrected chi connectivity index (χ2v) is 4.92. The molecule has 0 saturated heterocycles. The maximum atomic E-state index is 12.8. The molecule has 0 aliphatic carbocycles. The third kappa shape index (κ3) is 4.30. The number of hydrogen-bond acceptors (Lipinski definition) is 3. The fraction of sp³-hybridized carbons (Fsp3) is 0.200. The summed E-state index contributed by atoms with van der Waals surface area (Å²) < 4.78 is 29.6. The Bertz CT molecular complexity index is 558. The minimum Gasteiger partial charge on any atom is -0.457 e. The number of methoxy groups -OCH3 is 1. The molecule has 0 aliphatic heterocycles. The Morgan fingerprint density at radius 3 is 2.45 bits per heavy atom. The molecule has 0 atom stereocenters. The highest BCUT2D eigenvalue weighted by Crippen LogP contribution is 2.27. The fourth-order valence-electron chi connectivity index (χ4n) is 1.60. The third-order valence-corrected chi connectivity index (χ3v) is 3.30. The zero-order chi connectivity index (χ0) is 14.4. The van der Waals surface area contributed by atoms with Gasteiger partial charge in [0.25, 0.3) is 0 Å². The van der Waals surface area contributed by atoms with Crippen molar-refractivity contribution in [1.29, 1.82) is 0 Å². The summed E-state index contributed by atoms with van der Waals surface area (Å²) in [6, 6.07) is 11.4. The van der Waals surface area contributed by atoms with E-state index in [-0.39, 0.29) is 12.6 Å². The van der Waals surface area contributed by atoms with Crippen molar-refractivity contribution in [3.63, 3.8) is 0 Å². The first-order chi connectivity index (χ1) is 9.69. The van der Waals surface area contributed by atoms with E-state index in [1.54, 1.807) is 19.2 Å². The predicted molar refractivity (Wildman–Crippen MR) is 77.3 cm³/mol. The molecule has 0 spiro atoms. The maximum Gasteiger partial charge on any atom is 0.146 e. The summed E-state index contributed by atoms with van der Waals surface area (Å²) in [4.78, 5) is 0.